The van der Waals surface area contributed by atoms with Crippen LogP contribution in [0.5, 0.6) is 0 Å². The van der Waals surface area contributed by atoms with Crippen LogP contribution in [0.25, 0.3) is 6.08 Å². The van der Waals surface area contributed by atoms with E-state index in [9.17, 15) is 13.2 Å². The number of sulfonamides is 1. The standard InChI is InChI=1S/C9H7NO4S/c11-9(12)10-6-5-7-3-1-2-4-8(7)15(10,13)14/h1-6H,(H,11,12). The van der Waals surface area contributed by atoms with Gasteiger partial charge in [-0.25, -0.2) is 13.2 Å². The van der Waals surface area contributed by atoms with Crippen LogP contribution in [0.15, 0.2) is 35.4 Å². The minimum atomic E-state index is -3.94. The lowest BCUT2D eigenvalue weighted by Crippen LogP contribution is -2.33. The van der Waals surface area contributed by atoms with Gasteiger partial charge in [0, 0.05) is 6.20 Å². The molecule has 0 atom stereocenters. The first-order valence-corrected chi connectivity index (χ1v) is 5.52. The zero-order valence-electron chi connectivity index (χ0n) is 7.49. The van der Waals surface area contributed by atoms with Crippen molar-refractivity contribution in [3.8, 4) is 0 Å². The summed E-state index contributed by atoms with van der Waals surface area (Å²) in [6.45, 7) is 0. The molecule has 1 aliphatic rings. The van der Waals surface area contributed by atoms with Crippen LogP contribution in [0.4, 0.5) is 4.79 Å². The minimum Gasteiger partial charge on any atom is -0.464 e. The summed E-state index contributed by atoms with van der Waals surface area (Å²) in [6, 6.07) is 6.23. The molecule has 6 heteroatoms. The van der Waals surface area contributed by atoms with Crippen LogP contribution in [0.1, 0.15) is 5.56 Å². The Labute approximate surface area is 86.3 Å². The first-order chi connectivity index (χ1) is 7.03. The van der Waals surface area contributed by atoms with Crippen LogP contribution in [0.2, 0.25) is 0 Å². The molecule has 0 spiro atoms. The Morgan fingerprint density at radius 1 is 1.27 bits per heavy atom. The number of carbonyl (C=O) groups is 1. The Balaban J connectivity index is 2.68. The maximum absolute atomic E-state index is 11.7. The number of fused-ring (bicyclic) bond motifs is 1. The normalized spacial score (nSPS) is 17.2. The second-order valence-electron chi connectivity index (χ2n) is 2.94. The third-order valence-electron chi connectivity index (χ3n) is 2.03. The molecular formula is C9H7NO4S. The van der Waals surface area contributed by atoms with E-state index in [1.807, 2.05) is 0 Å². The third-order valence-corrected chi connectivity index (χ3v) is 3.76. The van der Waals surface area contributed by atoms with Gasteiger partial charge >= 0.3 is 6.09 Å². The van der Waals surface area contributed by atoms with Gasteiger partial charge in [-0.05, 0) is 17.7 Å². The lowest BCUT2D eigenvalue weighted by molar-refractivity contribution is 0.182. The third kappa shape index (κ3) is 1.39. The Hall–Kier alpha value is -1.82. The lowest BCUT2D eigenvalue weighted by atomic mass is 10.2. The number of amides is 1. The molecule has 0 radical (unpaired) electrons. The van der Waals surface area contributed by atoms with E-state index in [0.29, 0.717) is 9.87 Å². The number of hydrogen-bond acceptors (Lipinski definition) is 3. The highest BCUT2D eigenvalue weighted by Gasteiger charge is 2.31. The summed E-state index contributed by atoms with van der Waals surface area (Å²) in [5, 5.41) is 8.69. The van der Waals surface area contributed by atoms with Gasteiger partial charge in [-0.2, -0.15) is 4.31 Å². The number of hydrogen-bond donors (Lipinski definition) is 1. The Bertz CT molecular complexity index is 547. The van der Waals surface area contributed by atoms with Crippen molar-refractivity contribution in [1.29, 1.82) is 0 Å². The molecule has 0 saturated heterocycles. The summed E-state index contributed by atoms with van der Waals surface area (Å²) < 4.78 is 23.8. The van der Waals surface area contributed by atoms with E-state index in [-0.39, 0.29) is 4.90 Å². The van der Waals surface area contributed by atoms with Gasteiger partial charge in [0.1, 0.15) is 0 Å². The second kappa shape index (κ2) is 3.09. The van der Waals surface area contributed by atoms with Crippen LogP contribution >= 0.6 is 0 Å². The Kier molecular flexibility index (Phi) is 2.01. The van der Waals surface area contributed by atoms with Crippen molar-refractivity contribution in [1.82, 2.24) is 4.31 Å². The summed E-state index contributed by atoms with van der Waals surface area (Å²) in [6.07, 6.45) is 0.963. The molecule has 0 unspecified atom stereocenters. The van der Waals surface area contributed by atoms with Crippen molar-refractivity contribution in [2.24, 2.45) is 0 Å². The highest BCUT2D eigenvalue weighted by atomic mass is 32.2. The van der Waals surface area contributed by atoms with Crippen molar-refractivity contribution in [2.75, 3.05) is 0 Å². The Morgan fingerprint density at radius 2 is 1.93 bits per heavy atom. The van der Waals surface area contributed by atoms with E-state index >= 15 is 0 Å². The fourth-order valence-corrected chi connectivity index (χ4v) is 2.68. The van der Waals surface area contributed by atoms with Crippen molar-refractivity contribution in [3.05, 3.63) is 36.0 Å². The van der Waals surface area contributed by atoms with Gasteiger partial charge < -0.3 is 5.11 Å². The minimum absolute atomic E-state index is 0.00917. The van der Waals surface area contributed by atoms with Crippen molar-refractivity contribution < 1.29 is 18.3 Å². The predicted molar refractivity (Wildman–Crippen MR) is 52.5 cm³/mol. The van der Waals surface area contributed by atoms with Crippen LogP contribution in [0, 0.1) is 0 Å². The van der Waals surface area contributed by atoms with Crippen LogP contribution in [0.3, 0.4) is 0 Å². The fourth-order valence-electron chi connectivity index (χ4n) is 1.35. The maximum Gasteiger partial charge on any atom is 0.425 e. The van der Waals surface area contributed by atoms with Gasteiger partial charge in [-0.15, -0.1) is 0 Å². The number of nitrogens with zero attached hydrogens (tertiary/aromatic N) is 1. The zero-order valence-corrected chi connectivity index (χ0v) is 8.31. The average molecular weight is 225 g/mol. The van der Waals surface area contributed by atoms with Crippen LogP contribution < -0.4 is 0 Å². The van der Waals surface area contributed by atoms with Crippen molar-refractivity contribution in [2.45, 2.75) is 4.90 Å². The molecule has 1 aromatic carbocycles. The molecule has 0 aliphatic carbocycles. The molecular weight excluding hydrogens is 218 g/mol. The van der Waals surface area contributed by atoms with E-state index in [1.54, 1.807) is 18.2 Å². The lowest BCUT2D eigenvalue weighted by Gasteiger charge is -2.20. The molecule has 2 rings (SSSR count). The van der Waals surface area contributed by atoms with E-state index in [1.165, 1.54) is 12.1 Å². The van der Waals surface area contributed by atoms with Gasteiger partial charge in [0.2, 0.25) is 0 Å². The van der Waals surface area contributed by atoms with E-state index in [0.717, 1.165) is 6.20 Å². The molecule has 1 N–H and O–H groups in total. The molecule has 0 aromatic heterocycles. The molecule has 1 aromatic rings. The van der Waals surface area contributed by atoms with E-state index < -0.39 is 16.1 Å². The molecule has 0 fully saturated rings. The molecule has 5 nitrogen and oxygen atoms in total. The first kappa shape index (κ1) is 9.72. The largest absolute Gasteiger partial charge is 0.464 e. The molecule has 1 amide bonds. The van der Waals surface area contributed by atoms with Gasteiger partial charge in [-0.3, -0.25) is 0 Å². The van der Waals surface area contributed by atoms with Gasteiger partial charge in [0.05, 0.1) is 4.90 Å². The van der Waals surface area contributed by atoms with Gasteiger partial charge in [0.25, 0.3) is 10.0 Å². The van der Waals surface area contributed by atoms with Crippen LogP contribution in [-0.2, 0) is 10.0 Å². The summed E-state index contributed by atoms with van der Waals surface area (Å²) in [4.78, 5) is 10.7. The summed E-state index contributed by atoms with van der Waals surface area (Å²) >= 11 is 0. The molecule has 78 valence electrons. The van der Waals surface area contributed by atoms with Gasteiger partial charge in [0.15, 0.2) is 0 Å². The molecule has 1 heterocycles. The van der Waals surface area contributed by atoms with Crippen LogP contribution in [-0.4, -0.2) is 23.9 Å². The average Bonchev–Trinajstić information content (AvgIpc) is 2.17. The fraction of sp³-hybridized carbons (Fsp3) is 0. The monoisotopic (exact) mass is 225 g/mol. The first-order valence-electron chi connectivity index (χ1n) is 4.08. The second-order valence-corrected chi connectivity index (χ2v) is 4.72. The van der Waals surface area contributed by atoms with E-state index in [4.69, 9.17) is 5.11 Å². The molecule has 0 bridgehead atoms. The molecule has 15 heavy (non-hydrogen) atoms. The highest BCUT2D eigenvalue weighted by Crippen LogP contribution is 2.26. The number of benzene rings is 1. The summed E-state index contributed by atoms with van der Waals surface area (Å²) in [5.41, 5.74) is 0.495. The summed E-state index contributed by atoms with van der Waals surface area (Å²) in [5.74, 6) is 0. The smallest absolute Gasteiger partial charge is 0.425 e. The number of rotatable bonds is 0. The zero-order chi connectivity index (χ0) is 11.1. The predicted octanol–water partition coefficient (Wildman–Crippen LogP) is 1.34. The van der Waals surface area contributed by atoms with Crippen molar-refractivity contribution in [3.63, 3.8) is 0 Å². The molecule has 0 saturated carbocycles. The Morgan fingerprint density at radius 3 is 2.60 bits per heavy atom. The summed E-state index contributed by atoms with van der Waals surface area (Å²) in [7, 11) is -3.94. The topological polar surface area (TPSA) is 74.7 Å². The molecule has 1 aliphatic heterocycles. The van der Waals surface area contributed by atoms with Crippen molar-refractivity contribution >= 4 is 22.2 Å². The quantitative estimate of drug-likeness (QED) is 0.723. The van der Waals surface area contributed by atoms with E-state index in [2.05, 4.69) is 0 Å². The number of carboxylic acid groups (broad SMARTS) is 1. The SMILES string of the molecule is O=C(O)N1C=Cc2ccccc2S1(=O)=O. The maximum atomic E-state index is 11.7. The van der Waals surface area contributed by atoms with Gasteiger partial charge in [-0.1, -0.05) is 18.2 Å². The highest BCUT2D eigenvalue weighted by molar-refractivity contribution is 7.89.